The van der Waals surface area contributed by atoms with E-state index in [0.29, 0.717) is 18.9 Å². The molecule has 3 heteroatoms. The Morgan fingerprint density at radius 2 is 2.00 bits per heavy atom. The van der Waals surface area contributed by atoms with Gasteiger partial charge in [0, 0.05) is 26.1 Å². The zero-order valence-corrected chi connectivity index (χ0v) is 11.9. The fourth-order valence-electron chi connectivity index (χ4n) is 1.55. The summed E-state index contributed by atoms with van der Waals surface area (Å²) < 4.78 is 0. The van der Waals surface area contributed by atoms with E-state index in [1.807, 2.05) is 18.2 Å². The third kappa shape index (κ3) is 8.16. The van der Waals surface area contributed by atoms with Crippen LogP contribution in [0.5, 0.6) is 0 Å². The fraction of sp³-hybridized carbons (Fsp3) is 0.438. The van der Waals surface area contributed by atoms with Crippen molar-refractivity contribution in [2.24, 2.45) is 5.92 Å². The molecule has 104 valence electrons. The zero-order valence-electron chi connectivity index (χ0n) is 11.9. The van der Waals surface area contributed by atoms with Crippen molar-refractivity contribution in [1.29, 1.82) is 0 Å². The minimum atomic E-state index is 0.119. The van der Waals surface area contributed by atoms with E-state index in [4.69, 9.17) is 0 Å². The first-order chi connectivity index (χ1) is 9.18. The van der Waals surface area contributed by atoms with E-state index in [9.17, 15) is 4.79 Å². The Kier molecular flexibility index (Phi) is 7.59. The first kappa shape index (κ1) is 15.4. The van der Waals surface area contributed by atoms with Gasteiger partial charge in [0.15, 0.2) is 0 Å². The molecule has 0 saturated carbocycles. The third-order valence-electron chi connectivity index (χ3n) is 2.61. The topological polar surface area (TPSA) is 41.1 Å². The maximum Gasteiger partial charge on any atom is 0.221 e. The van der Waals surface area contributed by atoms with E-state index in [1.165, 1.54) is 5.56 Å². The second kappa shape index (κ2) is 9.34. The minimum Gasteiger partial charge on any atom is -0.356 e. The van der Waals surface area contributed by atoms with Crippen LogP contribution in [0.4, 0.5) is 0 Å². The lowest BCUT2D eigenvalue weighted by atomic mass is 10.2. The molecule has 0 unspecified atom stereocenters. The van der Waals surface area contributed by atoms with Gasteiger partial charge in [-0.2, -0.15) is 0 Å². The highest BCUT2D eigenvalue weighted by Gasteiger charge is 2.00. The van der Waals surface area contributed by atoms with Crippen LogP contribution in [0.2, 0.25) is 0 Å². The molecule has 0 bridgehead atoms. The number of amides is 1. The van der Waals surface area contributed by atoms with Crippen LogP contribution in [0.25, 0.3) is 6.08 Å². The first-order valence-electron chi connectivity index (χ1n) is 6.87. The summed E-state index contributed by atoms with van der Waals surface area (Å²) in [6, 6.07) is 10.2. The fourth-order valence-corrected chi connectivity index (χ4v) is 1.55. The van der Waals surface area contributed by atoms with Crippen LogP contribution in [0, 0.1) is 5.92 Å². The molecular weight excluding hydrogens is 236 g/mol. The second-order valence-corrected chi connectivity index (χ2v) is 4.97. The first-order valence-corrected chi connectivity index (χ1v) is 6.87. The molecule has 0 aromatic heterocycles. The van der Waals surface area contributed by atoms with Crippen LogP contribution >= 0.6 is 0 Å². The van der Waals surface area contributed by atoms with Gasteiger partial charge in [0.05, 0.1) is 0 Å². The highest BCUT2D eigenvalue weighted by Crippen LogP contribution is 1.99. The molecule has 19 heavy (non-hydrogen) atoms. The van der Waals surface area contributed by atoms with E-state index in [2.05, 4.69) is 48.8 Å². The number of hydrogen-bond acceptors (Lipinski definition) is 2. The van der Waals surface area contributed by atoms with Gasteiger partial charge in [0.1, 0.15) is 0 Å². The maximum atomic E-state index is 11.4. The lowest BCUT2D eigenvalue weighted by Crippen LogP contribution is -2.30. The van der Waals surface area contributed by atoms with Crippen molar-refractivity contribution >= 4 is 12.0 Å². The number of rotatable bonds is 8. The summed E-state index contributed by atoms with van der Waals surface area (Å²) in [5.74, 6) is 0.624. The maximum absolute atomic E-state index is 11.4. The van der Waals surface area contributed by atoms with Crippen molar-refractivity contribution in [3.8, 4) is 0 Å². The van der Waals surface area contributed by atoms with Crippen molar-refractivity contribution in [3.05, 3.63) is 42.0 Å². The van der Waals surface area contributed by atoms with Gasteiger partial charge in [-0.15, -0.1) is 0 Å². The molecule has 0 radical (unpaired) electrons. The molecule has 0 saturated heterocycles. The van der Waals surface area contributed by atoms with Crippen molar-refractivity contribution in [2.45, 2.75) is 20.3 Å². The Balaban J connectivity index is 2.05. The van der Waals surface area contributed by atoms with Gasteiger partial charge in [-0.25, -0.2) is 0 Å². The summed E-state index contributed by atoms with van der Waals surface area (Å²) in [7, 11) is 0. The molecule has 0 atom stereocenters. The molecule has 1 amide bonds. The van der Waals surface area contributed by atoms with Gasteiger partial charge >= 0.3 is 0 Å². The molecule has 2 N–H and O–H groups in total. The summed E-state index contributed by atoms with van der Waals surface area (Å²) >= 11 is 0. The van der Waals surface area contributed by atoms with E-state index < -0.39 is 0 Å². The molecule has 0 spiro atoms. The lowest BCUT2D eigenvalue weighted by molar-refractivity contribution is -0.121. The quantitative estimate of drug-likeness (QED) is 0.705. The Labute approximate surface area is 116 Å². The van der Waals surface area contributed by atoms with Crippen LogP contribution < -0.4 is 10.6 Å². The van der Waals surface area contributed by atoms with E-state index >= 15 is 0 Å². The molecule has 0 aliphatic rings. The molecule has 0 fully saturated rings. The van der Waals surface area contributed by atoms with Crippen LogP contribution in [-0.4, -0.2) is 25.5 Å². The standard InChI is InChI=1S/C16H24N2O/c1-14(2)13-18-16(19)10-12-17-11-6-9-15-7-4-3-5-8-15/h3-9,14,17H,10-13H2,1-2H3,(H,18,19)/b9-6+. The van der Waals surface area contributed by atoms with Gasteiger partial charge in [-0.1, -0.05) is 56.3 Å². The molecule has 1 rings (SSSR count). The van der Waals surface area contributed by atoms with E-state index in [0.717, 1.165) is 13.1 Å². The molecule has 1 aromatic carbocycles. The van der Waals surface area contributed by atoms with Gasteiger partial charge in [-0.3, -0.25) is 4.79 Å². The summed E-state index contributed by atoms with van der Waals surface area (Å²) in [5, 5.41) is 6.13. The monoisotopic (exact) mass is 260 g/mol. The Bertz CT molecular complexity index is 385. The Morgan fingerprint density at radius 3 is 2.68 bits per heavy atom. The average Bonchev–Trinajstić information content (AvgIpc) is 2.41. The van der Waals surface area contributed by atoms with Gasteiger partial charge in [-0.05, 0) is 11.5 Å². The van der Waals surface area contributed by atoms with Crippen molar-refractivity contribution in [3.63, 3.8) is 0 Å². The summed E-state index contributed by atoms with van der Waals surface area (Å²) in [6.07, 6.45) is 4.68. The van der Waals surface area contributed by atoms with Gasteiger partial charge in [0.2, 0.25) is 5.91 Å². The zero-order chi connectivity index (χ0) is 13.9. The third-order valence-corrected chi connectivity index (χ3v) is 2.61. The summed E-state index contributed by atoms with van der Waals surface area (Å²) in [6.45, 7) is 6.43. The van der Waals surface area contributed by atoms with Crippen molar-refractivity contribution in [2.75, 3.05) is 19.6 Å². The molecule has 0 aliphatic carbocycles. The molecule has 0 heterocycles. The van der Waals surface area contributed by atoms with Crippen molar-refractivity contribution < 1.29 is 4.79 Å². The van der Waals surface area contributed by atoms with Gasteiger partial charge in [0.25, 0.3) is 0 Å². The van der Waals surface area contributed by atoms with Crippen LogP contribution in [0.15, 0.2) is 36.4 Å². The lowest BCUT2D eigenvalue weighted by Gasteiger charge is -2.07. The molecule has 0 aliphatic heterocycles. The predicted molar refractivity (Wildman–Crippen MR) is 80.8 cm³/mol. The van der Waals surface area contributed by atoms with Gasteiger partial charge < -0.3 is 10.6 Å². The van der Waals surface area contributed by atoms with Crippen LogP contribution in [0.3, 0.4) is 0 Å². The van der Waals surface area contributed by atoms with Crippen LogP contribution in [0.1, 0.15) is 25.8 Å². The number of benzene rings is 1. The second-order valence-electron chi connectivity index (χ2n) is 4.97. The number of hydrogen-bond donors (Lipinski definition) is 2. The number of carbonyl (C=O) groups excluding carboxylic acids is 1. The largest absolute Gasteiger partial charge is 0.356 e. The van der Waals surface area contributed by atoms with Crippen LogP contribution in [-0.2, 0) is 4.79 Å². The summed E-state index contributed by atoms with van der Waals surface area (Å²) in [4.78, 5) is 11.4. The minimum absolute atomic E-state index is 0.119. The average molecular weight is 260 g/mol. The van der Waals surface area contributed by atoms with E-state index in [-0.39, 0.29) is 5.91 Å². The smallest absolute Gasteiger partial charge is 0.221 e. The predicted octanol–water partition coefficient (Wildman–Crippen LogP) is 2.45. The highest BCUT2D eigenvalue weighted by atomic mass is 16.1. The number of nitrogens with one attached hydrogen (secondary N) is 2. The summed E-state index contributed by atoms with van der Waals surface area (Å²) in [5.41, 5.74) is 1.19. The molecular formula is C16H24N2O. The molecule has 1 aromatic rings. The SMILES string of the molecule is CC(C)CNC(=O)CCNC/C=C/c1ccccc1. The molecule has 3 nitrogen and oxygen atoms in total. The van der Waals surface area contributed by atoms with E-state index in [1.54, 1.807) is 0 Å². The van der Waals surface area contributed by atoms with Crippen molar-refractivity contribution in [1.82, 2.24) is 10.6 Å². The number of carbonyl (C=O) groups is 1. The Hall–Kier alpha value is -1.61. The Morgan fingerprint density at radius 1 is 1.26 bits per heavy atom. The normalized spacial score (nSPS) is 11.1. The highest BCUT2D eigenvalue weighted by molar-refractivity contribution is 5.76.